The smallest absolute Gasteiger partial charge is 0.323 e. The maximum atomic E-state index is 13.6. The Labute approximate surface area is 302 Å². The summed E-state index contributed by atoms with van der Waals surface area (Å²) in [5.74, 6) is 3.59. The molecule has 3 N–H and O–H groups in total. The molecule has 4 aromatic rings. The number of carbonyl (C=O) groups excluding carboxylic acids is 6. The van der Waals surface area contributed by atoms with E-state index in [1.54, 1.807) is 65.6 Å². The zero-order chi connectivity index (χ0) is 36.4. The van der Waals surface area contributed by atoms with E-state index in [1.807, 2.05) is 4.90 Å². The van der Waals surface area contributed by atoms with Gasteiger partial charge >= 0.3 is 6.03 Å². The third-order valence-corrected chi connectivity index (χ3v) is 9.01. The molecule has 0 saturated carbocycles. The lowest BCUT2D eigenvalue weighted by Gasteiger charge is -2.37. The van der Waals surface area contributed by atoms with E-state index < -0.39 is 35.7 Å². The van der Waals surface area contributed by atoms with Gasteiger partial charge in [0.25, 0.3) is 17.7 Å². The molecule has 260 valence electrons. The Bertz CT molecular complexity index is 2220. The van der Waals surface area contributed by atoms with Gasteiger partial charge in [0.05, 0.1) is 16.8 Å². The molecule has 7 rings (SSSR count). The number of urea groups is 1. The Hall–Kier alpha value is -6.59. The van der Waals surface area contributed by atoms with Gasteiger partial charge < -0.3 is 20.4 Å². The van der Waals surface area contributed by atoms with Gasteiger partial charge in [-0.25, -0.2) is 14.8 Å². The van der Waals surface area contributed by atoms with Crippen molar-refractivity contribution in [2.75, 3.05) is 41.7 Å². The fraction of sp³-hybridized carbons (Fsp3) is 0.189. The van der Waals surface area contributed by atoms with Crippen molar-refractivity contribution in [2.24, 2.45) is 0 Å². The van der Waals surface area contributed by atoms with Gasteiger partial charge in [-0.15, -0.1) is 0 Å². The summed E-state index contributed by atoms with van der Waals surface area (Å²) in [6, 6.07) is 16.8. The lowest BCUT2D eigenvalue weighted by Crippen LogP contribution is -2.54. The second-order valence-corrected chi connectivity index (χ2v) is 12.5. The number of fused-ring (bicyclic) bond motifs is 1. The van der Waals surface area contributed by atoms with Crippen molar-refractivity contribution in [1.29, 1.82) is 0 Å². The first-order valence-corrected chi connectivity index (χ1v) is 16.7. The highest BCUT2D eigenvalue weighted by atomic mass is 35.5. The topological polar surface area (TPSA) is 174 Å². The summed E-state index contributed by atoms with van der Waals surface area (Å²) in [5, 5.41) is 7.86. The zero-order valence-electron chi connectivity index (χ0n) is 27.4. The van der Waals surface area contributed by atoms with Gasteiger partial charge in [-0.2, -0.15) is 0 Å². The number of piperazine rings is 1. The lowest BCUT2D eigenvalue weighted by molar-refractivity contribution is -0.136. The van der Waals surface area contributed by atoms with Gasteiger partial charge in [-0.1, -0.05) is 29.7 Å². The highest BCUT2D eigenvalue weighted by Gasteiger charge is 2.46. The minimum absolute atomic E-state index is 0.0393. The van der Waals surface area contributed by atoms with Crippen LogP contribution in [0.5, 0.6) is 0 Å². The number of nitrogens with zero attached hydrogens (tertiary/aromatic N) is 5. The third-order valence-electron chi connectivity index (χ3n) is 8.80. The third kappa shape index (κ3) is 7.03. The minimum atomic E-state index is -1.05. The Morgan fingerprint density at radius 1 is 0.827 bits per heavy atom. The molecule has 15 heteroatoms. The monoisotopic (exact) mass is 716 g/mol. The van der Waals surface area contributed by atoms with Gasteiger partial charge in [0.2, 0.25) is 11.8 Å². The van der Waals surface area contributed by atoms with Crippen LogP contribution in [-0.4, -0.2) is 87.6 Å². The summed E-state index contributed by atoms with van der Waals surface area (Å²) >= 11 is 5.88. The van der Waals surface area contributed by atoms with E-state index in [2.05, 4.69) is 37.8 Å². The second-order valence-electron chi connectivity index (χ2n) is 12.1. The minimum Gasteiger partial charge on any atom is -0.367 e. The number of anilines is 3. The molecule has 2 aromatic heterocycles. The number of nitrogens with one attached hydrogen (secondary N) is 3. The normalized spacial score (nSPS) is 16.9. The van der Waals surface area contributed by atoms with Crippen LogP contribution < -0.4 is 20.9 Å². The molecule has 3 aliphatic rings. The molecule has 2 saturated heterocycles. The van der Waals surface area contributed by atoms with Crippen LogP contribution in [-0.2, 0) is 9.59 Å². The number of carbonyl (C=O) groups is 6. The van der Waals surface area contributed by atoms with E-state index in [4.69, 9.17) is 11.6 Å². The second kappa shape index (κ2) is 14.3. The SMILES string of the molecule is O=C1CCC(N2C(=O)c3cccc(N4CCN(C(=O)c5cccc(C#Cc6cc(NC(=O)Nc7ccnc(Cl)c7)ccn6)c5)CC4)c3C2=O)C(=O)N1. The molecule has 14 nitrogen and oxygen atoms in total. The summed E-state index contributed by atoms with van der Waals surface area (Å²) in [7, 11) is 0. The fourth-order valence-electron chi connectivity index (χ4n) is 6.31. The van der Waals surface area contributed by atoms with E-state index in [0.717, 1.165) is 4.90 Å². The Morgan fingerprint density at radius 3 is 2.31 bits per heavy atom. The molecule has 0 bridgehead atoms. The lowest BCUT2D eigenvalue weighted by atomic mass is 10.0. The van der Waals surface area contributed by atoms with Crippen LogP contribution >= 0.6 is 11.6 Å². The Balaban J connectivity index is 0.983. The highest BCUT2D eigenvalue weighted by Crippen LogP contribution is 2.34. The predicted molar refractivity (Wildman–Crippen MR) is 190 cm³/mol. The molecular weight excluding hydrogens is 688 g/mol. The van der Waals surface area contributed by atoms with Crippen LogP contribution in [0.15, 0.2) is 79.1 Å². The molecule has 0 radical (unpaired) electrons. The molecule has 5 heterocycles. The van der Waals surface area contributed by atoms with Crippen molar-refractivity contribution in [3.63, 3.8) is 0 Å². The summed E-state index contributed by atoms with van der Waals surface area (Å²) < 4.78 is 0. The number of aromatic nitrogens is 2. The fourth-order valence-corrected chi connectivity index (χ4v) is 6.48. The zero-order valence-corrected chi connectivity index (χ0v) is 28.1. The van der Waals surface area contributed by atoms with Crippen LogP contribution in [0.4, 0.5) is 21.9 Å². The van der Waals surface area contributed by atoms with E-state index in [0.29, 0.717) is 60.1 Å². The first-order chi connectivity index (χ1) is 25.1. The van der Waals surface area contributed by atoms with Crippen molar-refractivity contribution >= 4 is 64.2 Å². The summed E-state index contributed by atoms with van der Waals surface area (Å²) in [4.78, 5) is 89.7. The summed E-state index contributed by atoms with van der Waals surface area (Å²) in [6.07, 6.45) is 3.12. The van der Waals surface area contributed by atoms with Gasteiger partial charge in [0.1, 0.15) is 16.9 Å². The van der Waals surface area contributed by atoms with E-state index in [-0.39, 0.29) is 35.0 Å². The molecule has 7 amide bonds. The number of pyridine rings is 2. The number of hydrogen-bond donors (Lipinski definition) is 3. The Morgan fingerprint density at radius 2 is 1.56 bits per heavy atom. The first kappa shape index (κ1) is 33.9. The molecule has 2 fully saturated rings. The maximum Gasteiger partial charge on any atom is 0.323 e. The van der Waals surface area contributed by atoms with Crippen LogP contribution in [0.1, 0.15) is 55.2 Å². The van der Waals surface area contributed by atoms with Crippen molar-refractivity contribution in [3.05, 3.63) is 112 Å². The molecular formula is C37H29ClN8O6. The number of halogens is 1. The molecule has 1 unspecified atom stereocenters. The number of amides is 7. The van der Waals surface area contributed by atoms with E-state index >= 15 is 0 Å². The average molecular weight is 717 g/mol. The average Bonchev–Trinajstić information content (AvgIpc) is 3.39. The summed E-state index contributed by atoms with van der Waals surface area (Å²) in [5.41, 5.74) is 3.40. The number of imide groups is 2. The van der Waals surface area contributed by atoms with E-state index in [9.17, 15) is 28.8 Å². The molecule has 0 spiro atoms. The number of benzene rings is 2. The summed E-state index contributed by atoms with van der Waals surface area (Å²) in [6.45, 7) is 1.55. The quantitative estimate of drug-likeness (QED) is 0.159. The Kier molecular flexibility index (Phi) is 9.34. The van der Waals surface area contributed by atoms with Gasteiger partial charge in [0, 0.05) is 67.5 Å². The van der Waals surface area contributed by atoms with Crippen LogP contribution in [0.2, 0.25) is 5.15 Å². The molecule has 1 atom stereocenters. The van der Waals surface area contributed by atoms with Crippen molar-refractivity contribution in [1.82, 2.24) is 25.1 Å². The van der Waals surface area contributed by atoms with Crippen molar-refractivity contribution in [2.45, 2.75) is 18.9 Å². The van der Waals surface area contributed by atoms with Crippen molar-refractivity contribution in [3.8, 4) is 11.8 Å². The molecule has 0 aliphatic carbocycles. The van der Waals surface area contributed by atoms with E-state index in [1.165, 1.54) is 18.5 Å². The standard InChI is InChI=1S/C37H29ClN8O6/c38-30-21-26(12-14-40-30)42-37(52)41-25-11-13-39-24(20-25)8-7-22-3-1-4-23(19-22)34(49)45-17-15-44(16-18-45)28-6-2-5-27-32(28)36(51)46(35(27)50)29-9-10-31(47)43-33(29)48/h1-6,11-14,19-21,29H,9-10,15-18H2,(H,43,47,48)(H2,39,40,41,42,52). The molecule has 52 heavy (non-hydrogen) atoms. The number of piperidine rings is 1. The van der Waals surface area contributed by atoms with Crippen LogP contribution in [0.3, 0.4) is 0 Å². The molecule has 3 aliphatic heterocycles. The molecule has 2 aromatic carbocycles. The van der Waals surface area contributed by atoms with Crippen LogP contribution in [0.25, 0.3) is 0 Å². The van der Waals surface area contributed by atoms with Gasteiger partial charge in [0.15, 0.2) is 0 Å². The van der Waals surface area contributed by atoms with Crippen molar-refractivity contribution < 1.29 is 28.8 Å². The van der Waals surface area contributed by atoms with Gasteiger partial charge in [-0.3, -0.25) is 34.2 Å². The van der Waals surface area contributed by atoms with Crippen LogP contribution in [0, 0.1) is 11.8 Å². The number of rotatable bonds is 5. The number of hydrogen-bond acceptors (Lipinski definition) is 9. The predicted octanol–water partition coefficient (Wildman–Crippen LogP) is 3.54. The largest absolute Gasteiger partial charge is 0.367 e. The maximum absolute atomic E-state index is 13.6. The first-order valence-electron chi connectivity index (χ1n) is 16.3. The highest BCUT2D eigenvalue weighted by molar-refractivity contribution is 6.29. The van der Waals surface area contributed by atoms with Gasteiger partial charge in [-0.05, 0) is 66.9 Å².